The third-order valence-corrected chi connectivity index (χ3v) is 3.92. The monoisotopic (exact) mass is 343 g/mol. The van der Waals surface area contributed by atoms with E-state index < -0.39 is 0 Å². The average molecular weight is 344 g/mol. The maximum atomic E-state index is 12.9. The lowest BCUT2D eigenvalue weighted by Gasteiger charge is -2.08. The molecule has 0 bridgehead atoms. The number of aromatic nitrogens is 3. The average Bonchev–Trinajstić information content (AvgIpc) is 2.87. The Hall–Kier alpha value is -2.01. The quantitative estimate of drug-likeness (QED) is 0.676. The van der Waals surface area contributed by atoms with E-state index >= 15 is 0 Å². The van der Waals surface area contributed by atoms with Crippen molar-refractivity contribution in [3.8, 4) is 0 Å². The molecule has 5 heteroatoms. The van der Waals surface area contributed by atoms with Crippen molar-refractivity contribution in [1.82, 2.24) is 14.8 Å². The first kappa shape index (κ1) is 13.9. The van der Waals surface area contributed by atoms with Gasteiger partial charge in [-0.25, -0.2) is 0 Å². The van der Waals surface area contributed by atoms with Gasteiger partial charge in [0.25, 0.3) is 0 Å². The van der Waals surface area contributed by atoms with Crippen LogP contribution in [0.25, 0.3) is 10.9 Å². The molecule has 0 fully saturated rings. The number of pyridine rings is 1. The molecule has 0 atom stereocenters. The van der Waals surface area contributed by atoms with Gasteiger partial charge in [0.2, 0.25) is 5.78 Å². The Kier molecular flexibility index (Phi) is 3.84. The molecule has 106 valence electrons. The third kappa shape index (κ3) is 2.49. The summed E-state index contributed by atoms with van der Waals surface area (Å²) in [6.45, 7) is 2.78. The van der Waals surface area contributed by atoms with Crippen molar-refractivity contribution in [2.75, 3.05) is 0 Å². The van der Waals surface area contributed by atoms with Gasteiger partial charge in [0.05, 0.1) is 16.2 Å². The number of benzene rings is 1. The summed E-state index contributed by atoms with van der Waals surface area (Å²) in [5.41, 5.74) is 2.06. The summed E-state index contributed by atoms with van der Waals surface area (Å²) in [6, 6.07) is 9.37. The van der Waals surface area contributed by atoms with E-state index in [2.05, 4.69) is 32.9 Å². The van der Waals surface area contributed by atoms with E-state index in [1.165, 1.54) is 0 Å². The maximum absolute atomic E-state index is 12.9. The predicted octanol–water partition coefficient (Wildman–Crippen LogP) is 3.83. The molecule has 0 aliphatic rings. The molecular weight excluding hydrogens is 330 g/mol. The van der Waals surface area contributed by atoms with Crippen molar-refractivity contribution in [2.45, 2.75) is 19.9 Å². The van der Waals surface area contributed by atoms with Crippen LogP contribution in [0.5, 0.6) is 0 Å². The fraction of sp³-hybridized carbons (Fsp3) is 0.188. The Balaban J connectivity index is 2.15. The van der Waals surface area contributed by atoms with E-state index in [0.29, 0.717) is 11.3 Å². The maximum Gasteiger partial charge on any atom is 0.212 e. The van der Waals surface area contributed by atoms with Gasteiger partial charge in [-0.1, -0.05) is 25.1 Å². The Morgan fingerprint density at radius 1 is 1.29 bits per heavy atom. The van der Waals surface area contributed by atoms with Crippen LogP contribution in [-0.2, 0) is 6.54 Å². The van der Waals surface area contributed by atoms with Crippen LogP contribution in [-0.4, -0.2) is 20.5 Å². The lowest BCUT2D eigenvalue weighted by molar-refractivity contribution is 0.102. The molecule has 0 N–H and O–H groups in total. The number of hydrogen-bond donors (Lipinski definition) is 0. The minimum absolute atomic E-state index is 0.0357. The Labute approximate surface area is 130 Å². The first-order chi connectivity index (χ1) is 10.2. The SMILES string of the molecule is CCCn1ncc(Br)c1C(=O)c1cccc2ncccc12. The summed E-state index contributed by atoms with van der Waals surface area (Å²) >= 11 is 3.43. The topological polar surface area (TPSA) is 47.8 Å². The summed E-state index contributed by atoms with van der Waals surface area (Å²) in [7, 11) is 0. The van der Waals surface area contributed by atoms with E-state index in [9.17, 15) is 4.79 Å². The molecule has 2 aromatic heterocycles. The van der Waals surface area contributed by atoms with Crippen molar-refractivity contribution >= 4 is 32.6 Å². The molecule has 3 rings (SSSR count). The molecule has 0 amide bonds. The predicted molar refractivity (Wildman–Crippen MR) is 85.4 cm³/mol. The van der Waals surface area contributed by atoms with Crippen molar-refractivity contribution in [3.05, 3.63) is 58.5 Å². The van der Waals surface area contributed by atoms with Crippen LogP contribution in [0.1, 0.15) is 29.4 Å². The molecule has 0 saturated heterocycles. The molecule has 3 aromatic rings. The minimum atomic E-state index is -0.0357. The van der Waals surface area contributed by atoms with Crippen molar-refractivity contribution in [2.24, 2.45) is 0 Å². The van der Waals surface area contributed by atoms with Gasteiger partial charge in [0, 0.05) is 23.7 Å². The van der Waals surface area contributed by atoms with Crippen LogP contribution in [0.15, 0.2) is 47.2 Å². The van der Waals surface area contributed by atoms with Crippen LogP contribution in [0.3, 0.4) is 0 Å². The zero-order valence-electron chi connectivity index (χ0n) is 11.6. The van der Waals surface area contributed by atoms with Crippen LogP contribution < -0.4 is 0 Å². The molecule has 0 unspecified atom stereocenters. The molecular formula is C16H14BrN3O. The molecule has 21 heavy (non-hydrogen) atoms. The number of aryl methyl sites for hydroxylation is 1. The van der Waals surface area contributed by atoms with Gasteiger partial charge >= 0.3 is 0 Å². The van der Waals surface area contributed by atoms with Crippen LogP contribution >= 0.6 is 15.9 Å². The molecule has 1 aromatic carbocycles. The molecule has 0 aliphatic carbocycles. The number of nitrogens with zero attached hydrogens (tertiary/aromatic N) is 3. The Morgan fingerprint density at radius 3 is 2.95 bits per heavy atom. The molecule has 0 radical (unpaired) electrons. The number of ketones is 1. The van der Waals surface area contributed by atoms with Gasteiger partial charge in [0.15, 0.2) is 0 Å². The van der Waals surface area contributed by atoms with Crippen molar-refractivity contribution < 1.29 is 4.79 Å². The first-order valence-electron chi connectivity index (χ1n) is 6.82. The van der Waals surface area contributed by atoms with Gasteiger partial charge < -0.3 is 0 Å². The molecule has 0 aliphatic heterocycles. The summed E-state index contributed by atoms with van der Waals surface area (Å²) in [5, 5.41) is 5.13. The summed E-state index contributed by atoms with van der Waals surface area (Å²) in [6.07, 6.45) is 4.33. The lowest BCUT2D eigenvalue weighted by atomic mass is 10.0. The van der Waals surface area contributed by atoms with Gasteiger partial charge in [-0.15, -0.1) is 0 Å². The normalized spacial score (nSPS) is 11.0. The first-order valence-corrected chi connectivity index (χ1v) is 7.61. The highest BCUT2D eigenvalue weighted by Crippen LogP contribution is 2.24. The second kappa shape index (κ2) is 5.77. The number of rotatable bonds is 4. The fourth-order valence-electron chi connectivity index (χ4n) is 2.40. The molecule has 2 heterocycles. The van der Waals surface area contributed by atoms with E-state index in [1.54, 1.807) is 17.1 Å². The van der Waals surface area contributed by atoms with E-state index in [4.69, 9.17) is 0 Å². The molecule has 0 saturated carbocycles. The van der Waals surface area contributed by atoms with Gasteiger partial charge in [-0.3, -0.25) is 14.5 Å². The van der Waals surface area contributed by atoms with Crippen molar-refractivity contribution in [1.29, 1.82) is 0 Å². The highest BCUT2D eigenvalue weighted by Gasteiger charge is 2.20. The zero-order valence-corrected chi connectivity index (χ0v) is 13.2. The van der Waals surface area contributed by atoms with Gasteiger partial charge in [-0.05, 0) is 34.5 Å². The van der Waals surface area contributed by atoms with Crippen molar-refractivity contribution in [3.63, 3.8) is 0 Å². The van der Waals surface area contributed by atoms with Crippen LogP contribution in [0.2, 0.25) is 0 Å². The minimum Gasteiger partial charge on any atom is -0.287 e. The van der Waals surface area contributed by atoms with E-state index in [0.717, 1.165) is 28.3 Å². The van der Waals surface area contributed by atoms with Crippen LogP contribution in [0, 0.1) is 0 Å². The van der Waals surface area contributed by atoms with Gasteiger partial charge in [-0.2, -0.15) is 5.10 Å². The van der Waals surface area contributed by atoms with E-state index in [1.807, 2.05) is 30.3 Å². The third-order valence-electron chi connectivity index (χ3n) is 3.34. The number of hydrogen-bond acceptors (Lipinski definition) is 3. The largest absolute Gasteiger partial charge is 0.287 e. The number of carbonyl (C=O) groups excluding carboxylic acids is 1. The summed E-state index contributed by atoms with van der Waals surface area (Å²) in [4.78, 5) is 17.2. The lowest BCUT2D eigenvalue weighted by Crippen LogP contribution is -2.12. The smallest absolute Gasteiger partial charge is 0.212 e. The number of halogens is 1. The number of carbonyl (C=O) groups is 1. The van der Waals surface area contributed by atoms with E-state index in [-0.39, 0.29) is 5.78 Å². The van der Waals surface area contributed by atoms with Gasteiger partial charge in [0.1, 0.15) is 5.69 Å². The zero-order chi connectivity index (χ0) is 14.8. The second-order valence-electron chi connectivity index (χ2n) is 4.77. The Morgan fingerprint density at radius 2 is 2.14 bits per heavy atom. The molecule has 4 nitrogen and oxygen atoms in total. The number of fused-ring (bicyclic) bond motifs is 1. The fourth-order valence-corrected chi connectivity index (χ4v) is 2.87. The highest BCUT2D eigenvalue weighted by atomic mass is 79.9. The standard InChI is InChI=1S/C16H14BrN3O/c1-2-9-20-15(13(17)10-19-20)16(21)12-5-3-7-14-11(12)6-4-8-18-14/h3-8,10H,2,9H2,1H3. The van der Waals surface area contributed by atoms with Crippen LogP contribution in [0.4, 0.5) is 0 Å². The Bertz CT molecular complexity index is 805. The molecule has 0 spiro atoms. The second-order valence-corrected chi connectivity index (χ2v) is 5.62. The highest BCUT2D eigenvalue weighted by molar-refractivity contribution is 9.10. The summed E-state index contributed by atoms with van der Waals surface area (Å²) < 4.78 is 2.48. The summed E-state index contributed by atoms with van der Waals surface area (Å²) in [5.74, 6) is -0.0357.